The van der Waals surface area contributed by atoms with Crippen LogP contribution in [0.3, 0.4) is 0 Å². The molecule has 8 heteroatoms. The van der Waals surface area contributed by atoms with Gasteiger partial charge in [0.1, 0.15) is 10.8 Å². The normalized spacial score (nSPS) is 21.5. The maximum absolute atomic E-state index is 13.7. The van der Waals surface area contributed by atoms with Crippen LogP contribution in [-0.4, -0.2) is 18.4 Å². The van der Waals surface area contributed by atoms with Gasteiger partial charge >= 0.3 is 5.97 Å². The van der Waals surface area contributed by atoms with Gasteiger partial charge < -0.3 is 10.5 Å². The van der Waals surface area contributed by atoms with Crippen molar-refractivity contribution in [2.45, 2.75) is 65.2 Å². The van der Waals surface area contributed by atoms with Gasteiger partial charge in [-0.1, -0.05) is 13.8 Å². The number of anilines is 1. The molecule has 0 saturated carbocycles. The van der Waals surface area contributed by atoms with Crippen LogP contribution in [0, 0.1) is 16.7 Å². The second-order valence-corrected chi connectivity index (χ2v) is 12.0. The Hall–Kier alpha value is -2.89. The average molecular weight is 508 g/mol. The highest BCUT2D eigenvalue weighted by Gasteiger charge is 2.46. The SMILES string of the molecule is CCOC(=O)c1c(N2C(N)=C(C#N)[C@@H](c3ccsc3)C3=C2CC(C)(C)CC3=O)sc2c1CCCC2. The molecule has 0 spiro atoms. The second-order valence-electron chi connectivity index (χ2n) is 10.1. The smallest absolute Gasteiger partial charge is 0.341 e. The molecule has 5 rings (SSSR count). The van der Waals surface area contributed by atoms with E-state index in [2.05, 4.69) is 19.9 Å². The molecule has 6 nitrogen and oxygen atoms in total. The number of Topliss-reactive ketones (excluding diaryl/α,β-unsaturated/α-hetero) is 1. The van der Waals surface area contributed by atoms with Crippen LogP contribution in [0.4, 0.5) is 5.00 Å². The Morgan fingerprint density at radius 3 is 2.77 bits per heavy atom. The van der Waals surface area contributed by atoms with E-state index >= 15 is 0 Å². The van der Waals surface area contributed by atoms with Gasteiger partial charge in [-0.2, -0.15) is 16.6 Å². The minimum absolute atomic E-state index is 0.0386. The van der Waals surface area contributed by atoms with Crippen molar-refractivity contribution < 1.29 is 14.3 Å². The second kappa shape index (κ2) is 8.96. The van der Waals surface area contributed by atoms with E-state index in [0.29, 0.717) is 40.4 Å². The Bertz CT molecular complexity index is 1310. The number of ether oxygens (including phenoxy) is 1. The Kier molecular flexibility index (Phi) is 6.10. The standard InChI is InChI=1S/C27H29N3O3S2/c1-4-33-26(32)22-16-7-5-6-8-20(16)35-25(22)30-18-11-27(2,3)12-19(31)23(18)21(15-9-10-34-14-15)17(13-28)24(30)29/h9-10,14,21H,4-8,11-12,29H2,1-3H3/t21-/m1/s1. The Morgan fingerprint density at radius 1 is 1.31 bits per heavy atom. The van der Waals surface area contributed by atoms with Crippen molar-refractivity contribution in [2.24, 2.45) is 11.1 Å². The Labute approximate surface area is 213 Å². The number of carbonyl (C=O) groups excluding carboxylic acids is 2. The summed E-state index contributed by atoms with van der Waals surface area (Å²) < 4.78 is 5.49. The van der Waals surface area contributed by atoms with Gasteiger partial charge in [0.25, 0.3) is 0 Å². The van der Waals surface area contributed by atoms with Gasteiger partial charge in [-0.3, -0.25) is 9.69 Å². The van der Waals surface area contributed by atoms with Gasteiger partial charge in [0, 0.05) is 22.6 Å². The molecule has 3 heterocycles. The molecule has 2 N–H and O–H groups in total. The van der Waals surface area contributed by atoms with E-state index in [-0.39, 0.29) is 23.8 Å². The van der Waals surface area contributed by atoms with E-state index in [9.17, 15) is 14.9 Å². The molecule has 3 aliphatic rings. The number of allylic oxidation sites excluding steroid dienone is 3. The number of rotatable bonds is 4. The van der Waals surface area contributed by atoms with Crippen LogP contribution in [0.1, 0.15) is 78.7 Å². The molecule has 0 amide bonds. The molecule has 0 aromatic carbocycles. The molecule has 1 atom stereocenters. The summed E-state index contributed by atoms with van der Waals surface area (Å²) in [6.07, 6.45) is 4.84. The van der Waals surface area contributed by atoms with Crippen molar-refractivity contribution >= 4 is 39.4 Å². The lowest BCUT2D eigenvalue weighted by molar-refractivity contribution is -0.118. The van der Waals surface area contributed by atoms with Crippen molar-refractivity contribution in [2.75, 3.05) is 11.5 Å². The fourth-order valence-electron chi connectivity index (χ4n) is 5.64. The number of nitrogens with two attached hydrogens (primary N) is 1. The lowest BCUT2D eigenvalue weighted by Crippen LogP contribution is -2.42. The van der Waals surface area contributed by atoms with Gasteiger partial charge in [0.15, 0.2) is 5.78 Å². The summed E-state index contributed by atoms with van der Waals surface area (Å²) in [5.74, 6) is -0.507. The topological polar surface area (TPSA) is 96.4 Å². The Balaban J connectivity index is 1.79. The number of hydrogen-bond donors (Lipinski definition) is 1. The first kappa shape index (κ1) is 23.8. The molecular formula is C27H29N3O3S2. The minimum atomic E-state index is -0.485. The van der Waals surface area contributed by atoms with Crippen LogP contribution < -0.4 is 10.6 Å². The highest BCUT2D eigenvalue weighted by Crippen LogP contribution is 2.53. The molecule has 2 aliphatic carbocycles. The van der Waals surface area contributed by atoms with Gasteiger partial charge in [0.05, 0.1) is 29.7 Å². The number of hydrogen-bond acceptors (Lipinski definition) is 8. The lowest BCUT2D eigenvalue weighted by Gasteiger charge is -2.43. The van der Waals surface area contributed by atoms with Crippen LogP contribution in [-0.2, 0) is 22.4 Å². The van der Waals surface area contributed by atoms with Crippen molar-refractivity contribution in [3.63, 3.8) is 0 Å². The fourth-order valence-corrected chi connectivity index (χ4v) is 7.74. The monoisotopic (exact) mass is 507 g/mol. The van der Waals surface area contributed by atoms with Gasteiger partial charge in [-0.25, -0.2) is 4.79 Å². The summed E-state index contributed by atoms with van der Waals surface area (Å²) in [7, 11) is 0. The number of fused-ring (bicyclic) bond motifs is 1. The van der Waals surface area contributed by atoms with Crippen molar-refractivity contribution in [3.05, 3.63) is 61.1 Å². The molecule has 2 aromatic rings. The third-order valence-corrected chi connectivity index (χ3v) is 9.07. The molecule has 0 bridgehead atoms. The number of aryl methyl sites for hydroxylation is 1. The summed E-state index contributed by atoms with van der Waals surface area (Å²) in [5, 5.41) is 14.9. The fraction of sp³-hybridized carbons (Fsp3) is 0.444. The van der Waals surface area contributed by atoms with Crippen molar-refractivity contribution in [3.8, 4) is 6.07 Å². The maximum atomic E-state index is 13.7. The number of nitriles is 1. The molecule has 0 unspecified atom stereocenters. The first-order valence-electron chi connectivity index (χ1n) is 12.1. The molecule has 0 saturated heterocycles. The zero-order chi connectivity index (χ0) is 24.9. The summed E-state index contributed by atoms with van der Waals surface area (Å²) in [4.78, 5) is 29.9. The van der Waals surface area contributed by atoms with Gasteiger partial charge in [0.2, 0.25) is 0 Å². The van der Waals surface area contributed by atoms with Crippen molar-refractivity contribution in [1.29, 1.82) is 5.26 Å². The van der Waals surface area contributed by atoms with Crippen molar-refractivity contribution in [1.82, 2.24) is 0 Å². The van der Waals surface area contributed by atoms with Crippen LogP contribution in [0.2, 0.25) is 0 Å². The predicted molar refractivity (Wildman–Crippen MR) is 138 cm³/mol. The molecule has 35 heavy (non-hydrogen) atoms. The number of esters is 1. The van der Waals surface area contributed by atoms with Crippen LogP contribution in [0.5, 0.6) is 0 Å². The molecule has 0 fully saturated rings. The zero-order valence-corrected chi connectivity index (χ0v) is 21.9. The first-order chi connectivity index (χ1) is 16.8. The molecule has 182 valence electrons. The molecule has 1 aliphatic heterocycles. The van der Waals surface area contributed by atoms with E-state index in [1.165, 1.54) is 16.2 Å². The summed E-state index contributed by atoms with van der Waals surface area (Å²) in [6, 6.07) is 4.28. The minimum Gasteiger partial charge on any atom is -0.462 e. The highest BCUT2D eigenvalue weighted by molar-refractivity contribution is 7.16. The zero-order valence-electron chi connectivity index (χ0n) is 20.3. The van der Waals surface area contributed by atoms with Gasteiger partial charge in [-0.05, 0) is 72.4 Å². The van der Waals surface area contributed by atoms with E-state index in [4.69, 9.17) is 10.5 Å². The predicted octanol–water partition coefficient (Wildman–Crippen LogP) is 5.81. The van der Waals surface area contributed by atoms with E-state index in [1.54, 1.807) is 18.3 Å². The van der Waals surface area contributed by atoms with E-state index < -0.39 is 5.92 Å². The maximum Gasteiger partial charge on any atom is 0.341 e. The highest BCUT2D eigenvalue weighted by atomic mass is 32.1. The third kappa shape index (κ3) is 3.91. The summed E-state index contributed by atoms with van der Waals surface area (Å²) >= 11 is 3.09. The Morgan fingerprint density at radius 2 is 2.09 bits per heavy atom. The van der Waals surface area contributed by atoms with E-state index in [0.717, 1.165) is 42.5 Å². The average Bonchev–Trinajstić information content (AvgIpc) is 3.45. The van der Waals surface area contributed by atoms with Crippen LogP contribution >= 0.6 is 22.7 Å². The molecular weight excluding hydrogens is 478 g/mol. The van der Waals surface area contributed by atoms with E-state index in [1.807, 2.05) is 21.7 Å². The number of thiophene rings is 2. The van der Waals surface area contributed by atoms with Crippen LogP contribution in [0.25, 0.3) is 0 Å². The third-order valence-electron chi connectivity index (χ3n) is 7.09. The quantitative estimate of drug-likeness (QED) is 0.525. The van der Waals surface area contributed by atoms with Gasteiger partial charge in [-0.15, -0.1) is 11.3 Å². The number of carbonyl (C=O) groups is 2. The molecule has 2 aromatic heterocycles. The first-order valence-corrected chi connectivity index (χ1v) is 13.8. The summed E-state index contributed by atoms with van der Waals surface area (Å²) in [5.41, 5.74) is 10.8. The summed E-state index contributed by atoms with van der Waals surface area (Å²) in [6.45, 7) is 6.24. The lowest BCUT2D eigenvalue weighted by atomic mass is 9.69. The number of ketones is 1. The van der Waals surface area contributed by atoms with Crippen LogP contribution in [0.15, 0.2) is 39.5 Å². The number of nitrogens with zero attached hydrogens (tertiary/aromatic N) is 2. The molecule has 0 radical (unpaired) electrons. The largest absolute Gasteiger partial charge is 0.462 e.